The monoisotopic (exact) mass is 633 g/mol. The standard InChI is InChI=1S/C31H25F2N5O4S2/c1-16-29(17(2)42-36-16)18-7-11-25-23(13-18)34-30(26-5-4-6-28(39)37(26)19-8-10-21(32)22(33)14-19)38(25)31-35-24-15-20(44(3,40)41)9-12-27(24)43-31/h7-15,26H,4-6H2,1-3H3/t26-/m0/s1. The Balaban J connectivity index is 1.46. The van der Waals surface area contributed by atoms with Crippen molar-refractivity contribution in [2.24, 2.45) is 0 Å². The molecule has 1 fully saturated rings. The van der Waals surface area contributed by atoms with Gasteiger partial charge in [-0.3, -0.25) is 9.36 Å². The summed E-state index contributed by atoms with van der Waals surface area (Å²) in [6.45, 7) is 3.70. The minimum Gasteiger partial charge on any atom is -0.361 e. The summed E-state index contributed by atoms with van der Waals surface area (Å²) in [6, 6.07) is 13.4. The predicted molar refractivity (Wildman–Crippen MR) is 163 cm³/mol. The number of carbonyl (C=O) groups excluding carboxylic acids is 1. The van der Waals surface area contributed by atoms with Crippen LogP contribution in [0.1, 0.15) is 42.6 Å². The number of sulfone groups is 1. The van der Waals surface area contributed by atoms with Gasteiger partial charge in [0.2, 0.25) is 5.91 Å². The Morgan fingerprint density at radius 2 is 1.80 bits per heavy atom. The molecule has 1 amide bonds. The summed E-state index contributed by atoms with van der Waals surface area (Å²) >= 11 is 1.36. The number of nitrogens with zero attached hydrogens (tertiary/aromatic N) is 5. The van der Waals surface area contributed by atoms with Gasteiger partial charge in [0, 0.05) is 30.0 Å². The largest absolute Gasteiger partial charge is 0.361 e. The maximum absolute atomic E-state index is 14.4. The van der Waals surface area contributed by atoms with Gasteiger partial charge in [0.15, 0.2) is 26.6 Å². The van der Waals surface area contributed by atoms with E-state index >= 15 is 0 Å². The molecule has 0 radical (unpaired) electrons. The van der Waals surface area contributed by atoms with Crippen LogP contribution in [0.25, 0.3) is 37.5 Å². The van der Waals surface area contributed by atoms with Gasteiger partial charge in [-0.05, 0) is 74.7 Å². The van der Waals surface area contributed by atoms with Crippen LogP contribution in [0, 0.1) is 25.5 Å². The van der Waals surface area contributed by atoms with Crippen molar-refractivity contribution >= 4 is 54.0 Å². The first-order valence-corrected chi connectivity index (χ1v) is 16.5. The number of rotatable bonds is 5. The molecule has 224 valence electrons. The van der Waals surface area contributed by atoms with Gasteiger partial charge in [0.25, 0.3) is 0 Å². The van der Waals surface area contributed by atoms with Crippen molar-refractivity contribution in [3.8, 4) is 16.3 Å². The molecule has 1 aliphatic heterocycles. The highest BCUT2D eigenvalue weighted by atomic mass is 32.2. The molecule has 9 nitrogen and oxygen atoms in total. The lowest BCUT2D eigenvalue weighted by Gasteiger charge is -2.35. The van der Waals surface area contributed by atoms with E-state index in [4.69, 9.17) is 14.5 Å². The van der Waals surface area contributed by atoms with E-state index in [9.17, 15) is 22.0 Å². The van der Waals surface area contributed by atoms with E-state index in [0.717, 1.165) is 39.9 Å². The van der Waals surface area contributed by atoms with Gasteiger partial charge in [0.05, 0.1) is 37.9 Å². The summed E-state index contributed by atoms with van der Waals surface area (Å²) in [5.74, 6) is -1.13. The molecule has 3 aromatic carbocycles. The number of thiazole rings is 1. The zero-order valence-electron chi connectivity index (χ0n) is 23.8. The van der Waals surface area contributed by atoms with Crippen LogP contribution in [0.3, 0.4) is 0 Å². The molecule has 44 heavy (non-hydrogen) atoms. The number of anilines is 1. The van der Waals surface area contributed by atoms with Crippen LogP contribution in [-0.4, -0.2) is 40.3 Å². The Labute approximate surface area is 254 Å². The summed E-state index contributed by atoms with van der Waals surface area (Å²) < 4.78 is 60.7. The summed E-state index contributed by atoms with van der Waals surface area (Å²) in [6.07, 6.45) is 2.50. The quantitative estimate of drug-likeness (QED) is 0.204. The van der Waals surface area contributed by atoms with Crippen molar-refractivity contribution in [2.45, 2.75) is 44.0 Å². The van der Waals surface area contributed by atoms with E-state index in [0.29, 0.717) is 46.1 Å². The average Bonchev–Trinajstić information content (AvgIpc) is 3.67. The molecule has 1 atom stereocenters. The first kappa shape index (κ1) is 28.3. The highest BCUT2D eigenvalue weighted by molar-refractivity contribution is 7.90. The van der Waals surface area contributed by atoms with Crippen molar-refractivity contribution in [2.75, 3.05) is 11.2 Å². The van der Waals surface area contributed by atoms with Crippen LogP contribution < -0.4 is 4.90 Å². The molecule has 0 spiro atoms. The van der Waals surface area contributed by atoms with Crippen LogP contribution >= 0.6 is 11.3 Å². The van der Waals surface area contributed by atoms with Gasteiger partial charge in [0.1, 0.15) is 11.6 Å². The van der Waals surface area contributed by atoms with E-state index in [1.165, 1.54) is 28.4 Å². The maximum Gasteiger partial charge on any atom is 0.227 e. The van der Waals surface area contributed by atoms with Crippen molar-refractivity contribution in [3.05, 3.63) is 83.5 Å². The van der Waals surface area contributed by atoms with Gasteiger partial charge in [-0.1, -0.05) is 22.6 Å². The van der Waals surface area contributed by atoms with Crippen LogP contribution in [0.5, 0.6) is 0 Å². The van der Waals surface area contributed by atoms with Crippen molar-refractivity contribution < 1.29 is 26.5 Å². The first-order valence-electron chi connectivity index (χ1n) is 13.8. The molecule has 0 N–H and O–H groups in total. The second kappa shape index (κ2) is 10.3. The lowest BCUT2D eigenvalue weighted by Crippen LogP contribution is -2.39. The van der Waals surface area contributed by atoms with Crippen LogP contribution in [0.4, 0.5) is 14.5 Å². The van der Waals surface area contributed by atoms with E-state index in [-0.39, 0.29) is 22.9 Å². The van der Waals surface area contributed by atoms with Gasteiger partial charge in [-0.2, -0.15) is 0 Å². The Morgan fingerprint density at radius 3 is 2.52 bits per heavy atom. The predicted octanol–water partition coefficient (Wildman–Crippen LogP) is 6.85. The maximum atomic E-state index is 14.4. The minimum absolute atomic E-state index is 0.157. The third-order valence-electron chi connectivity index (χ3n) is 7.90. The number of aromatic nitrogens is 4. The number of hydrogen-bond donors (Lipinski definition) is 0. The molecule has 1 saturated heterocycles. The summed E-state index contributed by atoms with van der Waals surface area (Å²) in [5, 5.41) is 4.60. The van der Waals surface area contributed by atoms with E-state index in [2.05, 4.69) is 5.16 Å². The molecule has 6 aromatic rings. The molecule has 7 rings (SSSR count). The number of aryl methyl sites for hydroxylation is 2. The second-order valence-corrected chi connectivity index (χ2v) is 13.9. The topological polar surface area (TPSA) is 111 Å². The Morgan fingerprint density at radius 1 is 0.977 bits per heavy atom. The number of benzene rings is 3. The van der Waals surface area contributed by atoms with Crippen LogP contribution in [0.2, 0.25) is 0 Å². The number of halogens is 2. The summed E-state index contributed by atoms with van der Waals surface area (Å²) in [4.78, 5) is 24.9. The molecule has 3 aromatic heterocycles. The summed E-state index contributed by atoms with van der Waals surface area (Å²) in [5.41, 5.74) is 4.51. The average molecular weight is 634 g/mol. The van der Waals surface area contributed by atoms with Crippen molar-refractivity contribution in [3.63, 3.8) is 0 Å². The normalized spacial score (nSPS) is 16.0. The number of carbonyl (C=O) groups is 1. The highest BCUT2D eigenvalue weighted by Gasteiger charge is 2.35. The van der Waals surface area contributed by atoms with Gasteiger partial charge < -0.3 is 9.42 Å². The fourth-order valence-corrected chi connectivity index (χ4v) is 7.48. The Kier molecular flexibility index (Phi) is 6.63. The van der Waals surface area contributed by atoms with E-state index < -0.39 is 27.5 Å². The molecule has 0 saturated carbocycles. The van der Waals surface area contributed by atoms with Gasteiger partial charge >= 0.3 is 0 Å². The third-order valence-corrected chi connectivity index (χ3v) is 10.0. The van der Waals surface area contributed by atoms with Gasteiger partial charge in [-0.25, -0.2) is 27.2 Å². The molecule has 0 bridgehead atoms. The van der Waals surface area contributed by atoms with Crippen LogP contribution in [0.15, 0.2) is 64.0 Å². The number of piperidine rings is 1. The first-order chi connectivity index (χ1) is 21.0. The zero-order chi connectivity index (χ0) is 30.9. The highest BCUT2D eigenvalue weighted by Crippen LogP contribution is 2.40. The molecular formula is C31H25F2N5O4S2. The van der Waals surface area contributed by atoms with Crippen LogP contribution in [-0.2, 0) is 14.6 Å². The van der Waals surface area contributed by atoms with Crippen molar-refractivity contribution in [1.82, 2.24) is 19.7 Å². The van der Waals surface area contributed by atoms with Gasteiger partial charge in [-0.15, -0.1) is 0 Å². The Hall–Kier alpha value is -4.49. The molecule has 1 aliphatic rings. The molecular weight excluding hydrogens is 609 g/mol. The molecule has 0 unspecified atom stereocenters. The third kappa shape index (κ3) is 4.67. The molecule has 13 heteroatoms. The van der Waals surface area contributed by atoms with Crippen molar-refractivity contribution in [1.29, 1.82) is 0 Å². The fraction of sp³-hybridized carbons (Fsp3) is 0.226. The summed E-state index contributed by atoms with van der Waals surface area (Å²) in [7, 11) is -3.45. The minimum atomic E-state index is -3.45. The number of hydrogen-bond acceptors (Lipinski definition) is 8. The van der Waals surface area contributed by atoms with E-state index in [1.807, 2.05) is 36.6 Å². The zero-order valence-corrected chi connectivity index (χ0v) is 25.5. The number of imidazole rings is 1. The number of fused-ring (bicyclic) bond motifs is 2. The SMILES string of the molecule is Cc1noc(C)c1-c1ccc2c(c1)nc([C@@H]1CCCC(=O)N1c1ccc(F)c(F)c1)n2-c1nc2cc(S(C)(=O)=O)ccc2s1. The second-order valence-electron chi connectivity index (χ2n) is 10.9. The smallest absolute Gasteiger partial charge is 0.227 e. The number of amides is 1. The Bertz CT molecular complexity index is 2220. The van der Waals surface area contributed by atoms with E-state index in [1.54, 1.807) is 12.1 Å². The lowest BCUT2D eigenvalue weighted by atomic mass is 9.99. The lowest BCUT2D eigenvalue weighted by molar-refractivity contribution is -0.120. The fourth-order valence-electron chi connectivity index (χ4n) is 5.87. The molecule has 4 heterocycles. The molecule has 0 aliphatic carbocycles.